The second-order valence-corrected chi connectivity index (χ2v) is 10.7. The van der Waals surface area contributed by atoms with E-state index in [2.05, 4.69) is 15.2 Å². The van der Waals surface area contributed by atoms with Crippen LogP contribution in [0.5, 0.6) is 0 Å². The van der Waals surface area contributed by atoms with Crippen LogP contribution < -0.4 is 5.32 Å². The molecule has 3 aliphatic rings. The van der Waals surface area contributed by atoms with Crippen LogP contribution in [0, 0.1) is 11.8 Å². The molecule has 8 nitrogen and oxygen atoms in total. The summed E-state index contributed by atoms with van der Waals surface area (Å²) < 4.78 is 10.9. The summed E-state index contributed by atoms with van der Waals surface area (Å²) in [7, 11) is 0. The molecule has 2 aromatic carbocycles. The maximum absolute atomic E-state index is 13.2. The maximum atomic E-state index is 13.2. The molecular weight excluding hydrogens is 480 g/mol. The fourth-order valence-corrected chi connectivity index (χ4v) is 6.06. The number of fused-ring (bicyclic) bond motifs is 2. The minimum absolute atomic E-state index is 0.0729. The lowest BCUT2D eigenvalue weighted by Gasteiger charge is -2.25. The zero-order chi connectivity index (χ0) is 25.9. The van der Waals surface area contributed by atoms with Crippen LogP contribution in [0.1, 0.15) is 34.8 Å². The van der Waals surface area contributed by atoms with E-state index in [0.717, 1.165) is 62.0 Å². The molecule has 1 N–H and O–H groups in total. The molecule has 8 heteroatoms. The highest BCUT2D eigenvalue weighted by atomic mass is 16.6. The molecule has 4 atom stereocenters. The standard InChI is InChI=1S/C30H34N4O4/c35-29(23-14-22-8-4-5-9-27(22)31-15-23)34-18-24-16-33(17-25(24)19-34)12-10-28(21-6-2-1-3-7-21)32-30(36)38-26-11-13-37-20-26/h1-9,14-15,24-26,28H,10-13,16-20H2,(H,32,36)/t24-,25?,26?,28?/m0/s1. The van der Waals surface area contributed by atoms with Gasteiger partial charge in [-0.3, -0.25) is 9.78 Å². The van der Waals surface area contributed by atoms with Gasteiger partial charge in [-0.1, -0.05) is 48.5 Å². The summed E-state index contributed by atoms with van der Waals surface area (Å²) in [5.41, 5.74) is 2.64. The highest BCUT2D eigenvalue weighted by molar-refractivity contribution is 5.97. The summed E-state index contributed by atoms with van der Waals surface area (Å²) in [6.45, 7) is 5.48. The van der Waals surface area contributed by atoms with E-state index >= 15 is 0 Å². The normalized spacial score (nSPS) is 23.9. The van der Waals surface area contributed by atoms with Crippen molar-refractivity contribution >= 4 is 22.9 Å². The molecule has 3 saturated heterocycles. The van der Waals surface area contributed by atoms with Crippen molar-refractivity contribution in [2.24, 2.45) is 11.8 Å². The number of para-hydroxylation sites is 1. The molecule has 3 aromatic rings. The van der Waals surface area contributed by atoms with Gasteiger partial charge in [-0.25, -0.2) is 4.79 Å². The first-order valence-electron chi connectivity index (χ1n) is 13.6. The van der Waals surface area contributed by atoms with E-state index in [9.17, 15) is 9.59 Å². The van der Waals surface area contributed by atoms with Gasteiger partial charge in [-0.05, 0) is 36.0 Å². The van der Waals surface area contributed by atoms with Crippen molar-refractivity contribution < 1.29 is 19.1 Å². The number of likely N-dealkylation sites (tertiary alicyclic amines) is 2. The third kappa shape index (κ3) is 5.51. The SMILES string of the molecule is O=C(NC(CCN1CC2CN(C(=O)c3cnc4ccccc4c3)C[C@@H]2C1)c1ccccc1)OC1CCOC1. The number of ether oxygens (including phenoxy) is 2. The number of benzene rings is 2. The van der Waals surface area contributed by atoms with Crippen LogP contribution in [0.15, 0.2) is 66.9 Å². The Bertz CT molecular complexity index is 1270. The molecule has 38 heavy (non-hydrogen) atoms. The van der Waals surface area contributed by atoms with Gasteiger partial charge in [0.2, 0.25) is 0 Å². The Hall–Kier alpha value is -3.49. The van der Waals surface area contributed by atoms with Crippen LogP contribution in [0.2, 0.25) is 0 Å². The van der Waals surface area contributed by atoms with Crippen LogP contribution in [-0.2, 0) is 9.47 Å². The summed E-state index contributed by atoms with van der Waals surface area (Å²) in [5, 5.41) is 4.08. The molecule has 0 bridgehead atoms. The fourth-order valence-electron chi connectivity index (χ4n) is 6.06. The van der Waals surface area contributed by atoms with E-state index in [1.54, 1.807) is 6.20 Å². The maximum Gasteiger partial charge on any atom is 0.407 e. The Morgan fingerprint density at radius 2 is 1.79 bits per heavy atom. The lowest BCUT2D eigenvalue weighted by atomic mass is 10.0. The number of hydrogen-bond acceptors (Lipinski definition) is 6. The number of nitrogens with one attached hydrogen (secondary N) is 1. The highest BCUT2D eigenvalue weighted by Crippen LogP contribution is 2.33. The van der Waals surface area contributed by atoms with Crippen molar-refractivity contribution in [2.75, 3.05) is 45.9 Å². The number of pyridine rings is 1. The van der Waals surface area contributed by atoms with E-state index in [4.69, 9.17) is 9.47 Å². The second-order valence-electron chi connectivity index (χ2n) is 10.7. The molecule has 0 aliphatic carbocycles. The van der Waals surface area contributed by atoms with Gasteiger partial charge in [0.05, 0.1) is 30.3 Å². The number of alkyl carbamates (subject to hydrolysis) is 1. The Morgan fingerprint density at radius 3 is 2.55 bits per heavy atom. The molecule has 1 aromatic heterocycles. The molecule has 0 radical (unpaired) electrons. The summed E-state index contributed by atoms with van der Waals surface area (Å²) >= 11 is 0. The van der Waals surface area contributed by atoms with Crippen LogP contribution in [0.25, 0.3) is 10.9 Å². The van der Waals surface area contributed by atoms with Gasteiger partial charge < -0.3 is 24.6 Å². The predicted octanol–water partition coefficient (Wildman–Crippen LogP) is 3.89. The summed E-state index contributed by atoms with van der Waals surface area (Å²) in [4.78, 5) is 34.7. The minimum atomic E-state index is -0.384. The third-order valence-electron chi connectivity index (χ3n) is 8.08. The third-order valence-corrected chi connectivity index (χ3v) is 8.08. The van der Waals surface area contributed by atoms with Crippen molar-refractivity contribution in [3.05, 3.63) is 78.0 Å². The second kappa shape index (κ2) is 11.1. The Kier molecular flexibility index (Phi) is 7.25. The van der Waals surface area contributed by atoms with Gasteiger partial charge in [0, 0.05) is 50.7 Å². The van der Waals surface area contributed by atoms with Crippen molar-refractivity contribution in [3.8, 4) is 0 Å². The zero-order valence-corrected chi connectivity index (χ0v) is 21.5. The molecular formula is C30H34N4O4. The number of nitrogens with zero attached hydrogens (tertiary/aromatic N) is 3. The van der Waals surface area contributed by atoms with Gasteiger partial charge in [0.25, 0.3) is 5.91 Å². The van der Waals surface area contributed by atoms with Gasteiger partial charge >= 0.3 is 6.09 Å². The van der Waals surface area contributed by atoms with E-state index in [1.165, 1.54) is 0 Å². The Balaban J connectivity index is 1.03. The predicted molar refractivity (Wildman–Crippen MR) is 144 cm³/mol. The van der Waals surface area contributed by atoms with Crippen molar-refractivity contribution in [3.63, 3.8) is 0 Å². The molecule has 0 spiro atoms. The van der Waals surface area contributed by atoms with Crippen LogP contribution >= 0.6 is 0 Å². The van der Waals surface area contributed by atoms with Gasteiger partial charge in [-0.15, -0.1) is 0 Å². The van der Waals surface area contributed by atoms with Gasteiger partial charge in [0.15, 0.2) is 0 Å². The lowest BCUT2D eigenvalue weighted by Crippen LogP contribution is -2.36. The first kappa shape index (κ1) is 24.8. The number of hydrogen-bond donors (Lipinski definition) is 1. The molecule has 3 unspecified atom stereocenters. The Morgan fingerprint density at radius 1 is 1.03 bits per heavy atom. The van der Waals surface area contributed by atoms with E-state index in [-0.39, 0.29) is 24.1 Å². The largest absolute Gasteiger partial charge is 0.444 e. The monoisotopic (exact) mass is 514 g/mol. The number of amides is 2. The molecule has 0 saturated carbocycles. The summed E-state index contributed by atoms with van der Waals surface area (Å²) in [6.07, 6.45) is 2.69. The van der Waals surface area contributed by atoms with Crippen molar-refractivity contribution in [1.29, 1.82) is 0 Å². The van der Waals surface area contributed by atoms with E-state index < -0.39 is 0 Å². The molecule has 4 heterocycles. The van der Waals surface area contributed by atoms with Crippen LogP contribution in [-0.4, -0.2) is 78.8 Å². The molecule has 3 aliphatic heterocycles. The van der Waals surface area contributed by atoms with Gasteiger partial charge in [0.1, 0.15) is 6.10 Å². The smallest absolute Gasteiger partial charge is 0.407 e. The van der Waals surface area contributed by atoms with Crippen LogP contribution in [0.4, 0.5) is 4.79 Å². The number of carbonyl (C=O) groups excluding carboxylic acids is 2. The van der Waals surface area contributed by atoms with Crippen molar-refractivity contribution in [1.82, 2.24) is 20.1 Å². The quantitative estimate of drug-likeness (QED) is 0.515. The number of rotatable bonds is 7. The van der Waals surface area contributed by atoms with Crippen LogP contribution in [0.3, 0.4) is 0 Å². The lowest BCUT2D eigenvalue weighted by molar-refractivity contribution is 0.0773. The average Bonchev–Trinajstić information content (AvgIpc) is 3.68. The molecule has 3 fully saturated rings. The first-order chi connectivity index (χ1) is 18.6. The molecule has 2 amide bonds. The number of aromatic nitrogens is 1. The van der Waals surface area contributed by atoms with E-state index in [1.807, 2.05) is 65.6 Å². The number of carbonyl (C=O) groups is 2. The average molecular weight is 515 g/mol. The van der Waals surface area contributed by atoms with Gasteiger partial charge in [-0.2, -0.15) is 0 Å². The first-order valence-corrected chi connectivity index (χ1v) is 13.6. The summed E-state index contributed by atoms with van der Waals surface area (Å²) in [5.74, 6) is 1.02. The highest BCUT2D eigenvalue weighted by Gasteiger charge is 2.41. The van der Waals surface area contributed by atoms with E-state index in [0.29, 0.717) is 30.6 Å². The Labute approximate surface area is 222 Å². The fraction of sp³-hybridized carbons (Fsp3) is 0.433. The molecule has 6 rings (SSSR count). The topological polar surface area (TPSA) is 84.0 Å². The zero-order valence-electron chi connectivity index (χ0n) is 21.5. The summed E-state index contributed by atoms with van der Waals surface area (Å²) in [6, 6.07) is 19.8. The molecule has 198 valence electrons. The minimum Gasteiger partial charge on any atom is -0.444 e. The van der Waals surface area contributed by atoms with Crippen molar-refractivity contribution in [2.45, 2.75) is 25.0 Å².